The van der Waals surface area contributed by atoms with Crippen LogP contribution < -0.4 is 5.32 Å². The van der Waals surface area contributed by atoms with Crippen molar-refractivity contribution in [2.45, 2.75) is 12.8 Å². The van der Waals surface area contributed by atoms with E-state index < -0.39 is 0 Å². The number of hydrogen-bond acceptors (Lipinski definition) is 4. The number of amides is 2. The predicted molar refractivity (Wildman–Crippen MR) is 101 cm³/mol. The second-order valence-electron chi connectivity index (χ2n) is 7.05. The van der Waals surface area contributed by atoms with Crippen LogP contribution in [0.25, 0.3) is 0 Å². The van der Waals surface area contributed by atoms with Gasteiger partial charge in [-0.15, -0.1) is 11.3 Å². The fourth-order valence-corrected chi connectivity index (χ4v) is 4.77. The van der Waals surface area contributed by atoms with Crippen LogP contribution in [0.1, 0.15) is 22.5 Å². The number of carbonyl (C=O) groups excluding carboxylic acids is 2. The molecule has 2 aromatic rings. The molecule has 136 valence electrons. The summed E-state index contributed by atoms with van der Waals surface area (Å²) in [6.45, 7) is 2.39. The molecule has 2 aliphatic heterocycles. The van der Waals surface area contributed by atoms with Gasteiger partial charge in [-0.2, -0.15) is 0 Å². The number of hydrogen-bond donors (Lipinski definition) is 1. The molecule has 2 aliphatic rings. The molecular weight excluding hydrogens is 348 g/mol. The maximum atomic E-state index is 13.1. The largest absolute Gasteiger partial charge is 0.381 e. The zero-order valence-electron chi connectivity index (χ0n) is 14.5. The van der Waals surface area contributed by atoms with E-state index in [2.05, 4.69) is 5.32 Å². The van der Waals surface area contributed by atoms with E-state index in [1.807, 2.05) is 52.7 Å². The van der Waals surface area contributed by atoms with Crippen LogP contribution in [0.4, 0.5) is 5.69 Å². The number of likely N-dealkylation sites (tertiary alicyclic amines) is 1. The number of ether oxygens (including phenoxy) is 1. The zero-order chi connectivity index (χ0) is 18.0. The van der Waals surface area contributed by atoms with Gasteiger partial charge in [-0.25, -0.2) is 0 Å². The Morgan fingerprint density at radius 1 is 1.12 bits per heavy atom. The van der Waals surface area contributed by atoms with E-state index in [9.17, 15) is 9.59 Å². The second-order valence-corrected chi connectivity index (χ2v) is 7.99. The van der Waals surface area contributed by atoms with Crippen molar-refractivity contribution in [2.24, 2.45) is 11.3 Å². The highest BCUT2D eigenvalue weighted by atomic mass is 32.1. The Bertz CT molecular complexity index is 770. The van der Waals surface area contributed by atoms with E-state index in [1.165, 1.54) is 11.3 Å². The first-order valence-electron chi connectivity index (χ1n) is 8.94. The average Bonchev–Trinajstić information content (AvgIpc) is 3.31. The van der Waals surface area contributed by atoms with E-state index >= 15 is 0 Å². The van der Waals surface area contributed by atoms with Crippen molar-refractivity contribution in [3.05, 3.63) is 52.7 Å². The summed E-state index contributed by atoms with van der Waals surface area (Å²) in [5.74, 6) is -0.184. The van der Waals surface area contributed by atoms with Gasteiger partial charge in [-0.05, 0) is 36.4 Å². The maximum Gasteiger partial charge on any atom is 0.263 e. The van der Waals surface area contributed by atoms with Crippen LogP contribution in [0.15, 0.2) is 47.8 Å². The maximum absolute atomic E-state index is 13.1. The number of carbonyl (C=O) groups is 2. The van der Waals surface area contributed by atoms with Gasteiger partial charge < -0.3 is 15.0 Å². The lowest BCUT2D eigenvalue weighted by atomic mass is 9.71. The fourth-order valence-electron chi connectivity index (χ4n) is 4.08. The van der Waals surface area contributed by atoms with Crippen molar-refractivity contribution in [2.75, 3.05) is 31.6 Å². The lowest BCUT2D eigenvalue weighted by Crippen LogP contribution is -2.42. The van der Waals surface area contributed by atoms with Gasteiger partial charge in [-0.3, -0.25) is 9.59 Å². The first-order chi connectivity index (χ1) is 12.7. The topological polar surface area (TPSA) is 58.6 Å². The van der Waals surface area contributed by atoms with Gasteiger partial charge in [-0.1, -0.05) is 24.3 Å². The van der Waals surface area contributed by atoms with Gasteiger partial charge in [0.05, 0.1) is 10.8 Å². The van der Waals surface area contributed by atoms with Crippen molar-refractivity contribution in [1.82, 2.24) is 4.90 Å². The minimum absolute atomic E-state index is 0.000389. The molecule has 2 amide bonds. The average molecular weight is 370 g/mol. The molecule has 0 radical (unpaired) electrons. The molecule has 4 rings (SSSR count). The SMILES string of the molecule is O=C(Nc1ccccc1)C1CN(C(=O)c2cccs2)CC12CCOCC2. The summed E-state index contributed by atoms with van der Waals surface area (Å²) in [5, 5.41) is 4.94. The molecule has 0 bridgehead atoms. The number of para-hydroxylation sites is 1. The third kappa shape index (κ3) is 3.27. The van der Waals surface area contributed by atoms with Crippen molar-refractivity contribution in [1.29, 1.82) is 0 Å². The van der Waals surface area contributed by atoms with Crippen LogP contribution >= 0.6 is 11.3 Å². The Balaban J connectivity index is 1.56. The molecule has 2 fully saturated rings. The van der Waals surface area contributed by atoms with Crippen LogP contribution in [-0.2, 0) is 9.53 Å². The van der Waals surface area contributed by atoms with Crippen molar-refractivity contribution < 1.29 is 14.3 Å². The number of rotatable bonds is 3. The van der Waals surface area contributed by atoms with E-state index in [0.717, 1.165) is 23.4 Å². The number of anilines is 1. The minimum Gasteiger partial charge on any atom is -0.381 e. The molecule has 1 atom stereocenters. The van der Waals surface area contributed by atoms with Crippen molar-refractivity contribution in [3.63, 3.8) is 0 Å². The van der Waals surface area contributed by atoms with Crippen LogP contribution in [0.2, 0.25) is 0 Å². The fraction of sp³-hybridized carbons (Fsp3) is 0.400. The van der Waals surface area contributed by atoms with Gasteiger partial charge in [0.25, 0.3) is 5.91 Å². The molecular formula is C20H22N2O3S. The summed E-state index contributed by atoms with van der Waals surface area (Å²) in [6.07, 6.45) is 1.63. The first kappa shape index (κ1) is 17.2. The highest BCUT2D eigenvalue weighted by molar-refractivity contribution is 7.12. The lowest BCUT2D eigenvalue weighted by molar-refractivity contribution is -0.124. The molecule has 5 nitrogen and oxygen atoms in total. The van der Waals surface area contributed by atoms with Crippen molar-refractivity contribution >= 4 is 28.8 Å². The normalized spacial score (nSPS) is 21.7. The molecule has 1 aromatic heterocycles. The molecule has 26 heavy (non-hydrogen) atoms. The summed E-state index contributed by atoms with van der Waals surface area (Å²) >= 11 is 1.45. The van der Waals surface area contributed by atoms with E-state index in [4.69, 9.17) is 4.74 Å². The number of benzene rings is 1. The summed E-state index contributed by atoms with van der Waals surface area (Å²) in [4.78, 5) is 28.5. The Hall–Kier alpha value is -2.18. The predicted octanol–water partition coefficient (Wildman–Crippen LogP) is 3.26. The summed E-state index contributed by atoms with van der Waals surface area (Å²) in [6, 6.07) is 13.2. The molecule has 1 aromatic carbocycles. The van der Waals surface area contributed by atoms with Gasteiger partial charge in [0.1, 0.15) is 0 Å². The third-order valence-corrected chi connectivity index (χ3v) is 6.37. The Morgan fingerprint density at radius 2 is 1.88 bits per heavy atom. The highest BCUT2D eigenvalue weighted by Gasteiger charge is 2.51. The smallest absolute Gasteiger partial charge is 0.263 e. The molecule has 1 N–H and O–H groups in total. The second kappa shape index (κ2) is 7.21. The Kier molecular flexibility index (Phi) is 4.78. The number of thiophene rings is 1. The van der Waals surface area contributed by atoms with E-state index in [1.54, 1.807) is 0 Å². The van der Waals surface area contributed by atoms with Gasteiger partial charge >= 0.3 is 0 Å². The summed E-state index contributed by atoms with van der Waals surface area (Å²) in [5.41, 5.74) is 0.604. The molecule has 2 saturated heterocycles. The molecule has 1 spiro atoms. The molecule has 6 heteroatoms. The van der Waals surface area contributed by atoms with Gasteiger partial charge in [0.2, 0.25) is 5.91 Å². The lowest BCUT2D eigenvalue weighted by Gasteiger charge is -2.37. The number of nitrogens with zero attached hydrogens (tertiary/aromatic N) is 1. The number of nitrogens with one attached hydrogen (secondary N) is 1. The third-order valence-electron chi connectivity index (χ3n) is 5.51. The van der Waals surface area contributed by atoms with Gasteiger partial charge in [0.15, 0.2) is 0 Å². The van der Waals surface area contributed by atoms with Crippen LogP contribution in [0.5, 0.6) is 0 Å². The Morgan fingerprint density at radius 3 is 2.58 bits per heavy atom. The van der Waals surface area contributed by atoms with Crippen LogP contribution in [-0.4, -0.2) is 43.0 Å². The Labute approximate surface area is 157 Å². The summed E-state index contributed by atoms with van der Waals surface area (Å²) < 4.78 is 5.54. The summed E-state index contributed by atoms with van der Waals surface area (Å²) in [7, 11) is 0. The molecule has 3 heterocycles. The quantitative estimate of drug-likeness (QED) is 0.902. The molecule has 1 unspecified atom stereocenters. The minimum atomic E-state index is -0.212. The highest BCUT2D eigenvalue weighted by Crippen LogP contribution is 2.45. The van der Waals surface area contributed by atoms with E-state index in [0.29, 0.717) is 26.3 Å². The first-order valence-corrected chi connectivity index (χ1v) is 9.82. The van der Waals surface area contributed by atoms with Gasteiger partial charge in [0, 0.05) is 37.4 Å². The molecule has 0 saturated carbocycles. The van der Waals surface area contributed by atoms with Crippen LogP contribution in [0.3, 0.4) is 0 Å². The van der Waals surface area contributed by atoms with Crippen molar-refractivity contribution in [3.8, 4) is 0 Å². The monoisotopic (exact) mass is 370 g/mol. The van der Waals surface area contributed by atoms with E-state index in [-0.39, 0.29) is 23.1 Å². The van der Waals surface area contributed by atoms with Crippen LogP contribution in [0, 0.1) is 11.3 Å². The zero-order valence-corrected chi connectivity index (χ0v) is 15.3. The molecule has 0 aliphatic carbocycles. The standard InChI is InChI=1S/C20H22N2O3S/c23-18(21-15-5-2-1-3-6-15)16-13-22(19(24)17-7-4-12-26-17)14-20(16)8-10-25-11-9-20/h1-7,12,16H,8-11,13-14H2,(H,21,23).